The summed E-state index contributed by atoms with van der Waals surface area (Å²) >= 11 is 0. The van der Waals surface area contributed by atoms with Crippen LogP contribution in [0.2, 0.25) is 0 Å². The number of hydrogen-bond donors (Lipinski definition) is 0. The Morgan fingerprint density at radius 2 is 1.50 bits per heavy atom. The fourth-order valence-electron chi connectivity index (χ4n) is 0.237. The van der Waals surface area contributed by atoms with Crippen molar-refractivity contribution in [2.24, 2.45) is 0 Å². The monoisotopic (exact) mass is 186 g/mol. The molecule has 0 aliphatic heterocycles. The van der Waals surface area contributed by atoms with Gasteiger partial charge >= 0.3 is 59.1 Å². The maximum Gasteiger partial charge on any atom is 1.00 e. The maximum atomic E-state index is 9.84. The summed E-state index contributed by atoms with van der Waals surface area (Å²) in [6, 6.07) is 0. The van der Waals surface area contributed by atoms with Crippen LogP contribution < -0.4 is 69.3 Å². The van der Waals surface area contributed by atoms with Crippen LogP contribution in [0.15, 0.2) is 24.3 Å². The van der Waals surface area contributed by atoms with E-state index in [0.717, 1.165) is 6.08 Å². The Morgan fingerprint density at radius 1 is 1.08 bits per heavy atom. The van der Waals surface area contributed by atoms with Crippen molar-refractivity contribution in [3.8, 4) is 0 Å². The average Bonchev–Trinajstić information content (AvgIpc) is 1.82. The second-order valence-electron chi connectivity index (χ2n) is 1.47. The minimum atomic E-state index is -1.50. The van der Waals surface area contributed by atoms with Crippen molar-refractivity contribution in [1.29, 1.82) is 0 Å². The SMILES string of the molecule is C=C(C=CC(=O)[O-])C(=O)[O-].[Na+].[Na+]. The summed E-state index contributed by atoms with van der Waals surface area (Å²) in [5.74, 6) is -2.97. The number of rotatable bonds is 3. The van der Waals surface area contributed by atoms with Gasteiger partial charge in [0.15, 0.2) is 0 Å². The second-order valence-corrected chi connectivity index (χ2v) is 1.47. The number of carboxylic acid groups (broad SMARTS) is 2. The van der Waals surface area contributed by atoms with Crippen LogP contribution in [0.25, 0.3) is 0 Å². The van der Waals surface area contributed by atoms with Gasteiger partial charge in [-0.05, 0) is 11.6 Å². The summed E-state index contributed by atoms with van der Waals surface area (Å²) < 4.78 is 0. The van der Waals surface area contributed by atoms with Gasteiger partial charge in [-0.3, -0.25) is 0 Å². The molecule has 4 nitrogen and oxygen atoms in total. The predicted molar refractivity (Wildman–Crippen MR) is 28.3 cm³/mol. The molecule has 0 spiro atoms. The summed E-state index contributed by atoms with van der Waals surface area (Å²) in [7, 11) is 0. The summed E-state index contributed by atoms with van der Waals surface area (Å²) in [4.78, 5) is 19.5. The predicted octanol–water partition coefficient (Wildman–Crippen LogP) is -8.39. The van der Waals surface area contributed by atoms with E-state index in [1.54, 1.807) is 0 Å². The third kappa shape index (κ3) is 10.4. The molecule has 0 aliphatic rings. The molecule has 0 amide bonds. The van der Waals surface area contributed by atoms with Gasteiger partial charge in [0.1, 0.15) is 0 Å². The van der Waals surface area contributed by atoms with E-state index < -0.39 is 17.5 Å². The topological polar surface area (TPSA) is 80.3 Å². The number of carbonyl (C=O) groups is 2. The third-order valence-corrected chi connectivity index (χ3v) is 0.683. The Hall–Kier alpha value is 0.420. The Labute approximate surface area is 114 Å². The molecule has 0 rings (SSSR count). The van der Waals surface area contributed by atoms with Gasteiger partial charge < -0.3 is 19.8 Å². The third-order valence-electron chi connectivity index (χ3n) is 0.683. The molecule has 0 fully saturated rings. The van der Waals surface area contributed by atoms with Crippen LogP contribution in [-0.4, -0.2) is 11.9 Å². The summed E-state index contributed by atoms with van der Waals surface area (Å²) in [6.07, 6.45) is 1.36. The first-order valence-corrected chi connectivity index (χ1v) is 2.33. The van der Waals surface area contributed by atoms with Gasteiger partial charge in [0.2, 0.25) is 0 Å². The van der Waals surface area contributed by atoms with Gasteiger partial charge in [0.25, 0.3) is 0 Å². The molecule has 0 radical (unpaired) electrons. The van der Waals surface area contributed by atoms with E-state index in [9.17, 15) is 19.8 Å². The van der Waals surface area contributed by atoms with Crippen LogP contribution in [0.5, 0.6) is 0 Å². The molecule has 0 bridgehead atoms. The first-order valence-electron chi connectivity index (χ1n) is 2.33. The zero-order valence-electron chi connectivity index (χ0n) is 6.99. The molecular weight excluding hydrogens is 182 g/mol. The Morgan fingerprint density at radius 3 is 1.75 bits per heavy atom. The molecule has 0 aromatic carbocycles. The molecule has 0 heterocycles. The van der Waals surface area contributed by atoms with E-state index in [0.29, 0.717) is 6.08 Å². The Bertz CT molecular complexity index is 210. The second kappa shape index (κ2) is 9.51. The molecule has 0 aromatic rings. The minimum absolute atomic E-state index is 0. The van der Waals surface area contributed by atoms with E-state index in [2.05, 4.69) is 6.58 Å². The molecular formula is C6H4Na2O4. The van der Waals surface area contributed by atoms with Gasteiger partial charge in [-0.15, -0.1) is 0 Å². The van der Waals surface area contributed by atoms with Crippen LogP contribution in [-0.2, 0) is 9.59 Å². The largest absolute Gasteiger partial charge is 1.00 e. The summed E-state index contributed by atoms with van der Waals surface area (Å²) in [6.45, 7) is 2.99. The molecule has 0 atom stereocenters. The first-order chi connectivity index (χ1) is 4.54. The van der Waals surface area contributed by atoms with Gasteiger partial charge in [-0.2, -0.15) is 0 Å². The van der Waals surface area contributed by atoms with Gasteiger partial charge in [-0.1, -0.05) is 12.7 Å². The van der Waals surface area contributed by atoms with Crippen LogP contribution in [0.1, 0.15) is 0 Å². The molecule has 6 heteroatoms. The zero-order valence-corrected chi connectivity index (χ0v) is 11.0. The minimum Gasteiger partial charge on any atom is -0.545 e. The van der Waals surface area contributed by atoms with Gasteiger partial charge in [-0.25, -0.2) is 0 Å². The number of carbonyl (C=O) groups excluding carboxylic acids is 2. The van der Waals surface area contributed by atoms with Crippen molar-refractivity contribution in [2.75, 3.05) is 0 Å². The van der Waals surface area contributed by atoms with Crippen molar-refractivity contribution in [3.63, 3.8) is 0 Å². The number of hydrogen-bond acceptors (Lipinski definition) is 4. The Kier molecular flexibility index (Phi) is 14.5. The Balaban J connectivity index is -0.000000405. The van der Waals surface area contributed by atoms with Crippen molar-refractivity contribution >= 4 is 11.9 Å². The molecule has 0 saturated carbocycles. The van der Waals surface area contributed by atoms with E-state index in [-0.39, 0.29) is 59.1 Å². The quantitative estimate of drug-likeness (QED) is 0.249. The van der Waals surface area contributed by atoms with E-state index in [1.807, 2.05) is 0 Å². The van der Waals surface area contributed by atoms with Gasteiger partial charge in [0, 0.05) is 0 Å². The number of aliphatic carboxylic acids is 2. The van der Waals surface area contributed by atoms with Crippen LogP contribution in [0, 0.1) is 0 Å². The summed E-state index contributed by atoms with van der Waals surface area (Å²) in [5.41, 5.74) is -0.399. The molecule has 0 unspecified atom stereocenters. The van der Waals surface area contributed by atoms with Crippen LogP contribution in [0.4, 0.5) is 0 Å². The van der Waals surface area contributed by atoms with E-state index >= 15 is 0 Å². The fourth-order valence-corrected chi connectivity index (χ4v) is 0.237. The average molecular weight is 186 g/mol. The standard InChI is InChI=1S/C6H6O4.2Na/c1-4(6(9)10)2-3-5(7)8;;/h2-3H,1H2,(H,7,8)(H,9,10);;/q;2*+1/p-2. The van der Waals surface area contributed by atoms with Crippen molar-refractivity contribution in [2.45, 2.75) is 0 Å². The van der Waals surface area contributed by atoms with Crippen LogP contribution >= 0.6 is 0 Å². The smallest absolute Gasteiger partial charge is 0.545 e. The van der Waals surface area contributed by atoms with Crippen molar-refractivity contribution < 1.29 is 78.9 Å². The summed E-state index contributed by atoms with van der Waals surface area (Å²) in [5, 5.41) is 19.5. The van der Waals surface area contributed by atoms with Crippen LogP contribution in [0.3, 0.4) is 0 Å². The van der Waals surface area contributed by atoms with Crippen molar-refractivity contribution in [1.82, 2.24) is 0 Å². The molecule has 54 valence electrons. The normalized spacial score (nSPS) is 8.00. The maximum absolute atomic E-state index is 9.84. The molecule has 0 saturated heterocycles. The molecule has 0 aromatic heterocycles. The molecule has 12 heavy (non-hydrogen) atoms. The fraction of sp³-hybridized carbons (Fsp3) is 0. The van der Waals surface area contributed by atoms with E-state index in [4.69, 9.17) is 0 Å². The molecule has 0 aliphatic carbocycles. The van der Waals surface area contributed by atoms with Crippen molar-refractivity contribution in [3.05, 3.63) is 24.3 Å². The molecule has 0 N–H and O–H groups in total. The van der Waals surface area contributed by atoms with Gasteiger partial charge in [0.05, 0.1) is 11.9 Å². The zero-order chi connectivity index (χ0) is 8.15. The first kappa shape index (κ1) is 18.3. The van der Waals surface area contributed by atoms with E-state index in [1.165, 1.54) is 0 Å². The number of carboxylic acids is 2.